The number of carbonyl (C=O) groups is 1. The van der Waals surface area contributed by atoms with Crippen LogP contribution in [0.3, 0.4) is 0 Å². The van der Waals surface area contributed by atoms with Crippen molar-refractivity contribution in [3.8, 4) is 0 Å². The molecule has 6 heteroatoms. The number of hydrogen-bond donors (Lipinski definition) is 1. The number of pyridine rings is 1. The molecule has 1 amide bonds. The van der Waals surface area contributed by atoms with Crippen molar-refractivity contribution < 1.29 is 4.79 Å². The third-order valence-corrected chi connectivity index (χ3v) is 5.57. The lowest BCUT2D eigenvalue weighted by Crippen LogP contribution is -2.42. The van der Waals surface area contributed by atoms with Gasteiger partial charge in [0.15, 0.2) is 5.13 Å². The summed E-state index contributed by atoms with van der Waals surface area (Å²) in [5.74, 6) is 0.144. The van der Waals surface area contributed by atoms with E-state index in [1.54, 1.807) is 17.5 Å². The van der Waals surface area contributed by atoms with Gasteiger partial charge in [0, 0.05) is 25.8 Å². The molecule has 1 aliphatic rings. The molecule has 0 unspecified atom stereocenters. The lowest BCUT2D eigenvalue weighted by atomic mass is 9.97. The predicted molar refractivity (Wildman–Crippen MR) is 101 cm³/mol. The first-order valence-electron chi connectivity index (χ1n) is 8.58. The number of rotatable bonds is 4. The fraction of sp³-hybridized carbons (Fsp3) is 0.316. The lowest BCUT2D eigenvalue weighted by molar-refractivity contribution is -0.125. The van der Waals surface area contributed by atoms with Crippen LogP contribution < -0.4 is 10.2 Å². The summed E-state index contributed by atoms with van der Waals surface area (Å²) in [4.78, 5) is 24.8. The van der Waals surface area contributed by atoms with Gasteiger partial charge in [-0.05, 0) is 30.5 Å². The number of aromatic nitrogens is 2. The number of fused-ring (bicyclic) bond motifs is 1. The molecule has 0 radical (unpaired) electrons. The number of nitrogens with one attached hydrogen (secondary N) is 1. The second kappa shape index (κ2) is 7.19. The second-order valence-corrected chi connectivity index (χ2v) is 7.27. The third-order valence-electron chi connectivity index (χ3n) is 4.53. The van der Waals surface area contributed by atoms with E-state index in [1.165, 1.54) is 0 Å². The summed E-state index contributed by atoms with van der Waals surface area (Å²) in [6.45, 7) is 2.25. The summed E-state index contributed by atoms with van der Waals surface area (Å²) < 4.78 is 0. The molecule has 1 aromatic carbocycles. The molecule has 3 heterocycles. The lowest BCUT2D eigenvalue weighted by Gasteiger charge is -2.31. The van der Waals surface area contributed by atoms with E-state index in [4.69, 9.17) is 0 Å². The molecule has 2 aromatic heterocycles. The van der Waals surface area contributed by atoms with E-state index in [-0.39, 0.29) is 11.8 Å². The van der Waals surface area contributed by atoms with Crippen molar-refractivity contribution in [2.24, 2.45) is 5.92 Å². The van der Waals surface area contributed by atoms with Crippen molar-refractivity contribution in [3.63, 3.8) is 0 Å². The van der Waals surface area contributed by atoms with Gasteiger partial charge in [-0.3, -0.25) is 4.79 Å². The molecular weight excluding hydrogens is 332 g/mol. The molecule has 1 fully saturated rings. The summed E-state index contributed by atoms with van der Waals surface area (Å²) >= 11 is 1.60. The minimum absolute atomic E-state index is 0.0115. The van der Waals surface area contributed by atoms with Crippen molar-refractivity contribution in [1.29, 1.82) is 0 Å². The number of nitrogens with zero attached hydrogens (tertiary/aromatic N) is 3. The maximum Gasteiger partial charge on any atom is 0.225 e. The van der Waals surface area contributed by atoms with Gasteiger partial charge in [0.25, 0.3) is 0 Å². The number of anilines is 1. The quantitative estimate of drug-likeness (QED) is 0.783. The number of carbonyl (C=O) groups excluding carboxylic acids is 1. The van der Waals surface area contributed by atoms with Crippen molar-refractivity contribution in [2.45, 2.75) is 19.4 Å². The molecular formula is C19H20N4OS. The highest BCUT2D eigenvalue weighted by atomic mass is 32.1. The molecule has 4 rings (SSSR count). The summed E-state index contributed by atoms with van der Waals surface area (Å²) in [6.07, 6.45) is 3.73. The van der Waals surface area contributed by atoms with Gasteiger partial charge in [0.1, 0.15) is 10.3 Å². The van der Waals surface area contributed by atoms with E-state index in [1.807, 2.05) is 42.5 Å². The van der Waals surface area contributed by atoms with Crippen LogP contribution >= 0.6 is 11.3 Å². The first-order valence-corrected chi connectivity index (χ1v) is 9.39. The van der Waals surface area contributed by atoms with Crippen LogP contribution in [0.4, 0.5) is 5.13 Å². The maximum atomic E-state index is 12.6. The van der Waals surface area contributed by atoms with Gasteiger partial charge >= 0.3 is 0 Å². The SMILES string of the molecule is O=C(NCc1ccccc1)[C@H]1CCCN(c2nc3cccnc3s2)C1. The summed E-state index contributed by atoms with van der Waals surface area (Å²) in [6, 6.07) is 13.9. The predicted octanol–water partition coefficient (Wildman–Crippen LogP) is 3.22. The van der Waals surface area contributed by atoms with E-state index in [2.05, 4.69) is 20.2 Å². The van der Waals surface area contributed by atoms with Gasteiger partial charge in [-0.25, -0.2) is 9.97 Å². The van der Waals surface area contributed by atoms with Crippen molar-refractivity contribution in [3.05, 3.63) is 54.2 Å². The Bertz CT molecular complexity index is 831. The minimum Gasteiger partial charge on any atom is -0.352 e. The van der Waals surface area contributed by atoms with E-state index in [0.29, 0.717) is 6.54 Å². The first kappa shape index (κ1) is 16.0. The molecule has 0 bridgehead atoms. The van der Waals surface area contributed by atoms with Gasteiger partial charge in [-0.2, -0.15) is 0 Å². The number of benzene rings is 1. The van der Waals surface area contributed by atoms with Crippen molar-refractivity contribution in [2.75, 3.05) is 18.0 Å². The van der Waals surface area contributed by atoms with Gasteiger partial charge in [-0.15, -0.1) is 0 Å². The minimum atomic E-state index is 0.0115. The fourth-order valence-electron chi connectivity index (χ4n) is 3.19. The highest BCUT2D eigenvalue weighted by Gasteiger charge is 2.27. The van der Waals surface area contributed by atoms with Crippen molar-refractivity contribution >= 4 is 32.7 Å². The van der Waals surface area contributed by atoms with Crippen LogP contribution in [0, 0.1) is 5.92 Å². The molecule has 25 heavy (non-hydrogen) atoms. The van der Waals surface area contributed by atoms with Gasteiger partial charge < -0.3 is 10.2 Å². The normalized spacial score (nSPS) is 17.6. The summed E-state index contributed by atoms with van der Waals surface area (Å²) in [7, 11) is 0. The number of piperidine rings is 1. The van der Waals surface area contributed by atoms with E-state index in [0.717, 1.165) is 47.0 Å². The Labute approximate surface area is 150 Å². The molecule has 128 valence electrons. The Kier molecular flexibility index (Phi) is 4.61. The molecule has 0 aliphatic carbocycles. The average molecular weight is 352 g/mol. The molecule has 0 saturated carbocycles. The fourth-order valence-corrected chi connectivity index (χ4v) is 4.13. The van der Waals surface area contributed by atoms with Crippen LogP contribution in [-0.4, -0.2) is 29.0 Å². The number of amides is 1. The Morgan fingerprint density at radius 1 is 1.24 bits per heavy atom. The smallest absolute Gasteiger partial charge is 0.225 e. The van der Waals surface area contributed by atoms with Crippen LogP contribution in [0.1, 0.15) is 18.4 Å². The number of hydrogen-bond acceptors (Lipinski definition) is 5. The van der Waals surface area contributed by atoms with Gasteiger partial charge in [0.2, 0.25) is 5.91 Å². The second-order valence-electron chi connectivity index (χ2n) is 6.31. The first-order chi connectivity index (χ1) is 12.3. The molecule has 5 nitrogen and oxygen atoms in total. The van der Waals surface area contributed by atoms with E-state index in [9.17, 15) is 4.79 Å². The molecule has 1 atom stereocenters. The van der Waals surface area contributed by atoms with Crippen LogP contribution in [0.25, 0.3) is 10.3 Å². The Balaban J connectivity index is 1.41. The van der Waals surface area contributed by atoms with E-state index >= 15 is 0 Å². The zero-order valence-electron chi connectivity index (χ0n) is 13.9. The highest BCUT2D eigenvalue weighted by Crippen LogP contribution is 2.30. The van der Waals surface area contributed by atoms with Crippen LogP contribution in [-0.2, 0) is 11.3 Å². The Morgan fingerprint density at radius 2 is 2.12 bits per heavy atom. The van der Waals surface area contributed by atoms with Crippen LogP contribution in [0.5, 0.6) is 0 Å². The van der Waals surface area contributed by atoms with Crippen LogP contribution in [0.15, 0.2) is 48.7 Å². The summed E-state index contributed by atoms with van der Waals surface area (Å²) in [5.41, 5.74) is 2.05. The molecule has 0 spiro atoms. The van der Waals surface area contributed by atoms with Gasteiger partial charge in [-0.1, -0.05) is 41.7 Å². The van der Waals surface area contributed by atoms with Crippen LogP contribution in [0.2, 0.25) is 0 Å². The standard InChI is InChI=1S/C19H20N4OS/c24-17(21-12-14-6-2-1-3-7-14)15-8-5-11-23(13-15)19-22-16-9-4-10-20-18(16)25-19/h1-4,6-7,9-10,15H,5,8,11-13H2,(H,21,24)/t15-/m0/s1. The Hall–Kier alpha value is -2.47. The molecule has 1 aliphatic heterocycles. The Morgan fingerprint density at radius 3 is 2.96 bits per heavy atom. The largest absolute Gasteiger partial charge is 0.352 e. The zero-order chi connectivity index (χ0) is 17.1. The third kappa shape index (κ3) is 3.64. The van der Waals surface area contributed by atoms with Crippen molar-refractivity contribution in [1.82, 2.24) is 15.3 Å². The monoisotopic (exact) mass is 352 g/mol. The molecule has 1 saturated heterocycles. The van der Waals surface area contributed by atoms with E-state index < -0.39 is 0 Å². The maximum absolute atomic E-state index is 12.6. The summed E-state index contributed by atoms with van der Waals surface area (Å²) in [5, 5.41) is 4.04. The van der Waals surface area contributed by atoms with Gasteiger partial charge in [0.05, 0.1) is 5.92 Å². The highest BCUT2D eigenvalue weighted by molar-refractivity contribution is 7.21. The zero-order valence-corrected chi connectivity index (χ0v) is 14.7. The molecule has 3 aromatic rings. The number of thiazole rings is 1. The topological polar surface area (TPSA) is 58.1 Å². The average Bonchev–Trinajstić information content (AvgIpc) is 3.11. The molecule has 1 N–H and O–H groups in total.